The van der Waals surface area contributed by atoms with E-state index < -0.39 is 15.1 Å². The Balaban J connectivity index is 2.32. The zero-order valence-electron chi connectivity index (χ0n) is 13.0. The lowest BCUT2D eigenvalue weighted by atomic mass is 10.2. The first-order valence-corrected chi connectivity index (χ1v) is 9.06. The fourth-order valence-corrected chi connectivity index (χ4v) is 3.94. The van der Waals surface area contributed by atoms with E-state index in [1.54, 1.807) is 48.7 Å². The van der Waals surface area contributed by atoms with Crippen molar-refractivity contribution in [2.45, 2.75) is 29.9 Å². The molecule has 1 heterocycles. The van der Waals surface area contributed by atoms with Gasteiger partial charge in [-0.25, -0.2) is 8.42 Å². The van der Waals surface area contributed by atoms with Gasteiger partial charge in [0.05, 0.1) is 4.90 Å². The van der Waals surface area contributed by atoms with Crippen molar-refractivity contribution >= 4 is 15.7 Å². The summed E-state index contributed by atoms with van der Waals surface area (Å²) in [4.78, 5) is 16.0. The predicted molar refractivity (Wildman–Crippen MR) is 88.5 cm³/mol. The van der Waals surface area contributed by atoms with Crippen molar-refractivity contribution in [3.63, 3.8) is 0 Å². The standard InChI is InChI=1S/C17H20N2O3S/c1-2-7-17(20)19-13-16(14-8-6-11-18-12-14)23(21,22)15-9-4-3-5-10-15/h3-6,8-12,16H,2,7,13H2,1H3,(H,19,20)/t16-/m1/s1. The van der Waals surface area contributed by atoms with Gasteiger partial charge in [0.15, 0.2) is 9.84 Å². The van der Waals surface area contributed by atoms with Crippen LogP contribution in [0.15, 0.2) is 59.8 Å². The number of benzene rings is 1. The molecule has 1 N–H and O–H groups in total. The minimum atomic E-state index is -3.62. The summed E-state index contributed by atoms with van der Waals surface area (Å²) in [5.74, 6) is -0.148. The second-order valence-corrected chi connectivity index (χ2v) is 7.32. The lowest BCUT2D eigenvalue weighted by Gasteiger charge is -2.18. The first-order valence-electron chi connectivity index (χ1n) is 7.51. The van der Waals surface area contributed by atoms with Crippen molar-refractivity contribution in [2.24, 2.45) is 0 Å². The van der Waals surface area contributed by atoms with Gasteiger partial charge in [-0.2, -0.15) is 0 Å². The number of sulfone groups is 1. The Kier molecular flexibility index (Phi) is 5.87. The normalized spacial score (nSPS) is 12.6. The van der Waals surface area contributed by atoms with Gasteiger partial charge in [-0.1, -0.05) is 31.2 Å². The third kappa shape index (κ3) is 4.39. The van der Waals surface area contributed by atoms with Gasteiger partial charge in [-0.3, -0.25) is 9.78 Å². The number of amides is 1. The maximum Gasteiger partial charge on any atom is 0.220 e. The van der Waals surface area contributed by atoms with E-state index in [0.717, 1.165) is 6.42 Å². The SMILES string of the molecule is CCCC(=O)NC[C@H](c1cccnc1)S(=O)(=O)c1ccccc1. The van der Waals surface area contributed by atoms with Crippen LogP contribution in [-0.2, 0) is 14.6 Å². The van der Waals surface area contributed by atoms with Crippen molar-refractivity contribution in [2.75, 3.05) is 6.54 Å². The molecule has 1 aromatic heterocycles. The topological polar surface area (TPSA) is 76.1 Å². The molecule has 0 aliphatic rings. The fourth-order valence-electron chi connectivity index (χ4n) is 2.27. The van der Waals surface area contributed by atoms with Crippen LogP contribution < -0.4 is 5.32 Å². The summed E-state index contributed by atoms with van der Waals surface area (Å²) in [7, 11) is -3.62. The van der Waals surface area contributed by atoms with Gasteiger partial charge in [-0.05, 0) is 30.2 Å². The molecule has 6 heteroatoms. The zero-order valence-corrected chi connectivity index (χ0v) is 13.8. The fraction of sp³-hybridized carbons (Fsp3) is 0.294. The maximum absolute atomic E-state index is 12.9. The van der Waals surface area contributed by atoms with Crippen molar-refractivity contribution < 1.29 is 13.2 Å². The largest absolute Gasteiger partial charge is 0.354 e. The molecule has 0 radical (unpaired) electrons. The molecule has 1 aromatic carbocycles. The molecule has 0 fully saturated rings. The summed E-state index contributed by atoms with van der Waals surface area (Å²) >= 11 is 0. The smallest absolute Gasteiger partial charge is 0.220 e. The Morgan fingerprint density at radius 1 is 1.17 bits per heavy atom. The summed E-state index contributed by atoms with van der Waals surface area (Å²) in [6.07, 6.45) is 4.21. The average Bonchev–Trinajstić information content (AvgIpc) is 2.57. The van der Waals surface area contributed by atoms with Gasteiger partial charge in [0, 0.05) is 25.4 Å². The van der Waals surface area contributed by atoms with Gasteiger partial charge in [-0.15, -0.1) is 0 Å². The highest BCUT2D eigenvalue weighted by molar-refractivity contribution is 7.91. The quantitative estimate of drug-likeness (QED) is 0.845. The van der Waals surface area contributed by atoms with Crippen LogP contribution >= 0.6 is 0 Å². The molecule has 0 aliphatic carbocycles. The minimum absolute atomic E-state index is 0.0295. The lowest BCUT2D eigenvalue weighted by Crippen LogP contribution is -2.31. The number of pyridine rings is 1. The van der Waals surface area contributed by atoms with Crippen LogP contribution in [-0.4, -0.2) is 25.9 Å². The lowest BCUT2D eigenvalue weighted by molar-refractivity contribution is -0.121. The molecule has 0 saturated carbocycles. The Hall–Kier alpha value is -2.21. The molecule has 2 aromatic rings. The number of rotatable bonds is 7. The van der Waals surface area contributed by atoms with Gasteiger partial charge in [0.2, 0.25) is 5.91 Å². The maximum atomic E-state index is 12.9. The minimum Gasteiger partial charge on any atom is -0.354 e. The highest BCUT2D eigenvalue weighted by Crippen LogP contribution is 2.27. The average molecular weight is 332 g/mol. The number of carbonyl (C=O) groups excluding carboxylic acids is 1. The van der Waals surface area contributed by atoms with Crippen LogP contribution in [0.5, 0.6) is 0 Å². The Morgan fingerprint density at radius 2 is 1.91 bits per heavy atom. The van der Waals surface area contributed by atoms with Crippen LogP contribution in [0.1, 0.15) is 30.6 Å². The van der Waals surface area contributed by atoms with Crippen LogP contribution in [0.4, 0.5) is 0 Å². The van der Waals surface area contributed by atoms with Crippen LogP contribution in [0.3, 0.4) is 0 Å². The van der Waals surface area contributed by atoms with E-state index in [9.17, 15) is 13.2 Å². The molecule has 2 rings (SSSR count). The highest BCUT2D eigenvalue weighted by atomic mass is 32.2. The molecule has 0 spiro atoms. The monoisotopic (exact) mass is 332 g/mol. The van der Waals surface area contributed by atoms with E-state index >= 15 is 0 Å². The first-order chi connectivity index (χ1) is 11.1. The summed E-state index contributed by atoms with van der Waals surface area (Å²) in [5.41, 5.74) is 0.563. The Labute approximate surface area is 136 Å². The molecule has 5 nitrogen and oxygen atoms in total. The number of aromatic nitrogens is 1. The Bertz CT molecular complexity index is 731. The highest BCUT2D eigenvalue weighted by Gasteiger charge is 2.29. The third-order valence-corrected chi connectivity index (χ3v) is 5.58. The molecular formula is C17H20N2O3S. The van der Waals surface area contributed by atoms with E-state index in [1.807, 2.05) is 6.92 Å². The molecule has 1 atom stereocenters. The Morgan fingerprint density at radius 3 is 2.52 bits per heavy atom. The van der Waals surface area contributed by atoms with Crippen LogP contribution in [0.2, 0.25) is 0 Å². The summed E-state index contributed by atoms with van der Waals surface area (Å²) in [5, 5.41) is 1.85. The van der Waals surface area contributed by atoms with Crippen molar-refractivity contribution in [1.82, 2.24) is 10.3 Å². The first kappa shape index (κ1) is 17.1. The number of nitrogens with zero attached hydrogens (tertiary/aromatic N) is 1. The van der Waals surface area contributed by atoms with Crippen molar-refractivity contribution in [1.29, 1.82) is 0 Å². The third-order valence-electron chi connectivity index (χ3n) is 3.46. The number of nitrogens with one attached hydrogen (secondary N) is 1. The second kappa shape index (κ2) is 7.87. The molecule has 0 unspecified atom stereocenters. The molecule has 0 bridgehead atoms. The van der Waals surface area contributed by atoms with E-state index in [0.29, 0.717) is 12.0 Å². The van der Waals surface area contributed by atoms with Crippen molar-refractivity contribution in [3.05, 3.63) is 60.4 Å². The van der Waals surface area contributed by atoms with Crippen molar-refractivity contribution in [3.8, 4) is 0 Å². The zero-order chi connectivity index (χ0) is 16.7. The second-order valence-electron chi connectivity index (χ2n) is 5.19. The molecule has 0 aliphatic heterocycles. The van der Waals surface area contributed by atoms with E-state index in [-0.39, 0.29) is 17.3 Å². The molecule has 23 heavy (non-hydrogen) atoms. The predicted octanol–water partition coefficient (Wildman–Crippen LogP) is 2.51. The molecular weight excluding hydrogens is 312 g/mol. The molecule has 0 saturated heterocycles. The number of hydrogen-bond acceptors (Lipinski definition) is 4. The molecule has 1 amide bonds. The number of carbonyl (C=O) groups is 1. The van der Waals surface area contributed by atoms with Gasteiger partial charge < -0.3 is 5.32 Å². The summed E-state index contributed by atoms with van der Waals surface area (Å²) < 4.78 is 25.8. The number of hydrogen-bond donors (Lipinski definition) is 1. The van der Waals surface area contributed by atoms with Crippen LogP contribution in [0.25, 0.3) is 0 Å². The van der Waals surface area contributed by atoms with Gasteiger partial charge in [0.25, 0.3) is 0 Å². The van der Waals surface area contributed by atoms with E-state index in [1.165, 1.54) is 6.20 Å². The summed E-state index contributed by atoms with van der Waals surface area (Å²) in [6.45, 7) is 1.93. The summed E-state index contributed by atoms with van der Waals surface area (Å²) in [6, 6.07) is 11.7. The van der Waals surface area contributed by atoms with Gasteiger partial charge in [0.1, 0.15) is 5.25 Å². The van der Waals surface area contributed by atoms with E-state index in [4.69, 9.17) is 0 Å². The van der Waals surface area contributed by atoms with Gasteiger partial charge >= 0.3 is 0 Å². The van der Waals surface area contributed by atoms with E-state index in [2.05, 4.69) is 10.3 Å². The molecule has 122 valence electrons. The van der Waals surface area contributed by atoms with Crippen LogP contribution in [0, 0.1) is 0 Å².